The topological polar surface area (TPSA) is 119 Å². The molecule has 3 heterocycles. The molecule has 5 rings (SSSR count). The number of pyridine rings is 2. The molecule has 0 fully saturated rings. The van der Waals surface area contributed by atoms with Crippen LogP contribution < -0.4 is 20.2 Å². The van der Waals surface area contributed by atoms with Gasteiger partial charge in [-0.3, -0.25) is 19.7 Å². The van der Waals surface area contributed by atoms with E-state index in [1.165, 1.54) is 55.9 Å². The Morgan fingerprint density at radius 1 is 1.00 bits per heavy atom. The highest BCUT2D eigenvalue weighted by Gasteiger charge is 2.20. The molecule has 0 radical (unpaired) electrons. The number of hydrogen-bond donors (Lipinski definition) is 2. The smallest absolute Gasteiger partial charge is 0.280 e. The van der Waals surface area contributed by atoms with Crippen LogP contribution in [-0.2, 0) is 0 Å². The minimum atomic E-state index is -0.846. The molecule has 5 aromatic rings. The SMILES string of the molecule is COc1cnc2c(Oc3ccc(NC(=O)c4n[nH]c(C)c(-c5ccc(F)cc5)c4=O)cc3F)ccnc2c1. The number of aromatic amines is 1. The molecule has 0 saturated carbocycles. The van der Waals surface area contributed by atoms with Gasteiger partial charge in [-0.2, -0.15) is 5.10 Å². The lowest BCUT2D eigenvalue weighted by molar-refractivity contribution is 0.102. The number of H-pyrrole nitrogens is 1. The van der Waals surface area contributed by atoms with Crippen LogP contribution in [0.15, 0.2) is 71.8 Å². The first-order valence-electron chi connectivity index (χ1n) is 11.3. The van der Waals surface area contributed by atoms with Gasteiger partial charge in [0.05, 0.1) is 24.4 Å². The van der Waals surface area contributed by atoms with E-state index in [-0.39, 0.29) is 22.7 Å². The molecule has 0 aliphatic rings. The van der Waals surface area contributed by atoms with Crippen molar-refractivity contribution in [3.05, 3.63) is 100 Å². The van der Waals surface area contributed by atoms with Gasteiger partial charge in [-0.15, -0.1) is 0 Å². The Morgan fingerprint density at radius 2 is 1.79 bits per heavy atom. The van der Waals surface area contributed by atoms with Crippen LogP contribution in [0.1, 0.15) is 16.2 Å². The normalized spacial score (nSPS) is 10.8. The van der Waals surface area contributed by atoms with Crippen LogP contribution in [0, 0.1) is 18.6 Å². The van der Waals surface area contributed by atoms with Gasteiger partial charge < -0.3 is 14.8 Å². The van der Waals surface area contributed by atoms with Crippen molar-refractivity contribution in [2.24, 2.45) is 0 Å². The number of ether oxygens (including phenoxy) is 2. The van der Waals surface area contributed by atoms with Gasteiger partial charge in [0.1, 0.15) is 17.1 Å². The maximum atomic E-state index is 14.9. The van der Waals surface area contributed by atoms with E-state index in [9.17, 15) is 18.4 Å². The van der Waals surface area contributed by atoms with Gasteiger partial charge in [0.2, 0.25) is 5.43 Å². The number of anilines is 1. The van der Waals surface area contributed by atoms with Gasteiger partial charge in [-0.05, 0) is 36.8 Å². The Bertz CT molecular complexity index is 1740. The van der Waals surface area contributed by atoms with Crippen molar-refractivity contribution in [2.45, 2.75) is 6.92 Å². The molecule has 0 bridgehead atoms. The molecule has 0 aliphatic heterocycles. The fourth-order valence-electron chi connectivity index (χ4n) is 3.80. The Balaban J connectivity index is 1.38. The van der Waals surface area contributed by atoms with Gasteiger partial charge >= 0.3 is 0 Å². The van der Waals surface area contributed by atoms with Crippen molar-refractivity contribution in [3.63, 3.8) is 0 Å². The number of rotatable bonds is 6. The molecule has 2 N–H and O–H groups in total. The molecule has 9 nitrogen and oxygen atoms in total. The Kier molecular flexibility index (Phi) is 6.48. The number of hydrogen-bond acceptors (Lipinski definition) is 7. The highest BCUT2D eigenvalue weighted by atomic mass is 19.1. The first kappa shape index (κ1) is 24.5. The van der Waals surface area contributed by atoms with Crippen molar-refractivity contribution in [1.82, 2.24) is 20.2 Å². The quantitative estimate of drug-likeness (QED) is 0.326. The second-order valence-electron chi connectivity index (χ2n) is 8.16. The number of halogens is 2. The van der Waals surface area contributed by atoms with E-state index in [1.54, 1.807) is 19.1 Å². The van der Waals surface area contributed by atoms with Gasteiger partial charge in [-0.25, -0.2) is 13.8 Å². The minimum absolute atomic E-state index is 0.0763. The summed E-state index contributed by atoms with van der Waals surface area (Å²) in [5, 5.41) is 8.96. The molecular formula is C27H19F2N5O4. The summed E-state index contributed by atoms with van der Waals surface area (Å²) in [4.78, 5) is 34.3. The molecule has 0 spiro atoms. The molecular weight excluding hydrogens is 496 g/mol. The summed E-state index contributed by atoms with van der Waals surface area (Å²) >= 11 is 0. The van der Waals surface area contributed by atoms with E-state index in [1.807, 2.05) is 0 Å². The third-order valence-corrected chi connectivity index (χ3v) is 5.66. The number of amides is 1. The fourth-order valence-corrected chi connectivity index (χ4v) is 3.80. The summed E-state index contributed by atoms with van der Waals surface area (Å²) in [6, 6.07) is 12.3. The zero-order chi connectivity index (χ0) is 26.8. The number of aromatic nitrogens is 4. The van der Waals surface area contributed by atoms with Crippen molar-refractivity contribution in [1.29, 1.82) is 0 Å². The molecule has 2 aromatic carbocycles. The van der Waals surface area contributed by atoms with Crippen LogP contribution in [0.5, 0.6) is 17.2 Å². The Morgan fingerprint density at radius 3 is 2.53 bits per heavy atom. The lowest BCUT2D eigenvalue weighted by Crippen LogP contribution is -2.26. The lowest BCUT2D eigenvalue weighted by atomic mass is 10.0. The van der Waals surface area contributed by atoms with Gasteiger partial charge in [0.15, 0.2) is 23.0 Å². The first-order chi connectivity index (χ1) is 18.3. The monoisotopic (exact) mass is 515 g/mol. The molecule has 0 unspecified atom stereocenters. The summed E-state index contributed by atoms with van der Waals surface area (Å²) in [5.41, 5.74) is 0.907. The summed E-state index contributed by atoms with van der Waals surface area (Å²) in [5.74, 6) is -1.40. The average Bonchev–Trinajstić information content (AvgIpc) is 2.91. The number of benzene rings is 2. The number of nitrogens with zero attached hydrogens (tertiary/aromatic N) is 3. The van der Waals surface area contributed by atoms with Gasteiger partial charge in [0.25, 0.3) is 5.91 Å². The minimum Gasteiger partial charge on any atom is -0.495 e. The van der Waals surface area contributed by atoms with Crippen LogP contribution in [0.3, 0.4) is 0 Å². The van der Waals surface area contributed by atoms with Crippen LogP contribution >= 0.6 is 0 Å². The number of carbonyl (C=O) groups is 1. The number of fused-ring (bicyclic) bond motifs is 1. The molecule has 0 saturated heterocycles. The largest absolute Gasteiger partial charge is 0.495 e. The lowest BCUT2D eigenvalue weighted by Gasteiger charge is -2.11. The van der Waals surface area contributed by atoms with Crippen LogP contribution in [0.4, 0.5) is 14.5 Å². The number of nitrogens with one attached hydrogen (secondary N) is 2. The maximum absolute atomic E-state index is 14.9. The Labute approximate surface area is 214 Å². The molecule has 3 aromatic heterocycles. The molecule has 190 valence electrons. The van der Waals surface area contributed by atoms with Crippen LogP contribution in [0.25, 0.3) is 22.2 Å². The maximum Gasteiger partial charge on any atom is 0.280 e. The summed E-state index contributed by atoms with van der Waals surface area (Å²) in [7, 11) is 1.51. The summed E-state index contributed by atoms with van der Waals surface area (Å²) in [6.07, 6.45) is 2.99. The second-order valence-corrected chi connectivity index (χ2v) is 8.16. The zero-order valence-electron chi connectivity index (χ0n) is 20.1. The third-order valence-electron chi connectivity index (χ3n) is 5.66. The zero-order valence-corrected chi connectivity index (χ0v) is 20.1. The number of aryl methyl sites for hydroxylation is 1. The summed E-state index contributed by atoms with van der Waals surface area (Å²) < 4.78 is 39.1. The summed E-state index contributed by atoms with van der Waals surface area (Å²) in [6.45, 7) is 1.61. The van der Waals surface area contributed by atoms with Crippen molar-refractivity contribution in [3.8, 4) is 28.4 Å². The van der Waals surface area contributed by atoms with E-state index < -0.39 is 28.7 Å². The van der Waals surface area contributed by atoms with E-state index in [0.717, 1.165) is 6.07 Å². The highest BCUT2D eigenvalue weighted by molar-refractivity contribution is 6.03. The van der Waals surface area contributed by atoms with Crippen molar-refractivity contribution in [2.75, 3.05) is 12.4 Å². The average molecular weight is 515 g/mol. The molecule has 38 heavy (non-hydrogen) atoms. The molecule has 1 amide bonds. The van der Waals surface area contributed by atoms with Crippen molar-refractivity contribution < 1.29 is 23.0 Å². The number of carbonyl (C=O) groups excluding carboxylic acids is 1. The van der Waals surface area contributed by atoms with E-state index in [2.05, 4.69) is 25.5 Å². The molecule has 11 heteroatoms. The van der Waals surface area contributed by atoms with Crippen LogP contribution in [0.2, 0.25) is 0 Å². The van der Waals surface area contributed by atoms with E-state index in [4.69, 9.17) is 9.47 Å². The highest BCUT2D eigenvalue weighted by Crippen LogP contribution is 2.31. The molecule has 0 atom stereocenters. The fraction of sp³-hybridized carbons (Fsp3) is 0.0741. The standard InChI is InChI=1S/C27H19F2N5O4/c1-14-23(15-3-5-16(28)6-4-15)26(35)25(34-33-14)27(36)32-17-7-8-21(19(29)11-17)38-22-9-10-30-20-12-18(37-2)13-31-24(20)22/h3-13H,1-2H3,(H,32,36)(H,33,35). The van der Waals surface area contributed by atoms with E-state index in [0.29, 0.717) is 28.0 Å². The van der Waals surface area contributed by atoms with E-state index >= 15 is 0 Å². The molecule has 0 aliphatic carbocycles. The van der Waals surface area contributed by atoms with Gasteiger partial charge in [-0.1, -0.05) is 12.1 Å². The second kappa shape index (κ2) is 10.1. The van der Waals surface area contributed by atoms with Crippen LogP contribution in [-0.4, -0.2) is 33.2 Å². The number of methoxy groups -OCH3 is 1. The Hall–Kier alpha value is -5.19. The third kappa shape index (κ3) is 4.76. The first-order valence-corrected chi connectivity index (χ1v) is 11.3. The van der Waals surface area contributed by atoms with Crippen molar-refractivity contribution >= 4 is 22.6 Å². The van der Waals surface area contributed by atoms with Gasteiger partial charge in [0, 0.05) is 35.8 Å². The predicted molar refractivity (Wildman–Crippen MR) is 136 cm³/mol. The predicted octanol–water partition coefficient (Wildman–Crippen LogP) is 5.02.